The van der Waals surface area contributed by atoms with Crippen molar-refractivity contribution in [2.24, 2.45) is 0 Å². The smallest absolute Gasteiger partial charge is 0.254 e. The number of nitrogens with one attached hydrogen (secondary N) is 1. The molecule has 7 heteroatoms. The van der Waals surface area contributed by atoms with Gasteiger partial charge in [-0.1, -0.05) is 17.7 Å². The largest absolute Gasteiger partial charge is 0.506 e. The third-order valence-electron chi connectivity index (χ3n) is 4.33. The van der Waals surface area contributed by atoms with Crippen molar-refractivity contribution < 1.29 is 9.52 Å². The van der Waals surface area contributed by atoms with Crippen LogP contribution in [0.3, 0.4) is 0 Å². The lowest BCUT2D eigenvalue weighted by Gasteiger charge is -2.27. The van der Waals surface area contributed by atoms with Crippen molar-refractivity contribution in [1.29, 1.82) is 0 Å². The van der Waals surface area contributed by atoms with Gasteiger partial charge in [-0.15, -0.1) is 0 Å². The van der Waals surface area contributed by atoms with Gasteiger partial charge in [-0.05, 0) is 36.2 Å². The summed E-state index contributed by atoms with van der Waals surface area (Å²) >= 11 is 5.97. The minimum Gasteiger partial charge on any atom is -0.506 e. The highest BCUT2D eigenvalue weighted by atomic mass is 35.5. The van der Waals surface area contributed by atoms with E-state index in [1.54, 1.807) is 30.5 Å². The monoisotopic (exact) mass is 357 g/mol. The maximum Gasteiger partial charge on any atom is 0.254 e. The van der Waals surface area contributed by atoms with Gasteiger partial charge in [0.15, 0.2) is 11.6 Å². The van der Waals surface area contributed by atoms with Gasteiger partial charge in [0, 0.05) is 25.2 Å². The van der Waals surface area contributed by atoms with Gasteiger partial charge < -0.3 is 14.5 Å². The topological polar surface area (TPSA) is 82.4 Å². The number of H-pyrrole nitrogens is 1. The number of hydrogen-bond acceptors (Lipinski definition) is 5. The Kier molecular flexibility index (Phi) is 4.07. The van der Waals surface area contributed by atoms with Crippen LogP contribution in [0.4, 0.5) is 0 Å². The van der Waals surface area contributed by atoms with E-state index in [4.69, 9.17) is 16.0 Å². The Hall–Kier alpha value is -2.57. The number of phenolic OH excluding ortho intramolecular Hbond substituents is 1. The molecule has 0 spiro atoms. The number of hydrogen-bond donors (Lipinski definition) is 2. The predicted octanol–water partition coefficient (Wildman–Crippen LogP) is 2.95. The number of halogens is 1. The summed E-state index contributed by atoms with van der Waals surface area (Å²) < 4.78 is 5.33. The number of phenols is 1. The molecule has 128 valence electrons. The molecule has 4 rings (SSSR count). The zero-order chi connectivity index (χ0) is 17.4. The summed E-state index contributed by atoms with van der Waals surface area (Å²) in [6.45, 7) is 2.01. The molecule has 25 heavy (non-hydrogen) atoms. The average molecular weight is 358 g/mol. The molecule has 0 unspecified atom stereocenters. The molecule has 2 N–H and O–H groups in total. The van der Waals surface area contributed by atoms with Crippen LogP contribution in [0.25, 0.3) is 11.6 Å². The van der Waals surface area contributed by atoms with Crippen molar-refractivity contribution >= 4 is 11.6 Å². The summed E-state index contributed by atoms with van der Waals surface area (Å²) in [5.41, 5.74) is 2.40. The minimum atomic E-state index is -0.108. The number of aromatic hydroxyl groups is 1. The number of aromatic nitrogens is 2. The second kappa shape index (κ2) is 6.38. The first-order chi connectivity index (χ1) is 12.1. The second-order valence-electron chi connectivity index (χ2n) is 6.06. The Bertz CT molecular complexity index is 966. The first-order valence-corrected chi connectivity index (χ1v) is 8.33. The van der Waals surface area contributed by atoms with Crippen molar-refractivity contribution in [3.05, 3.63) is 68.8 Å². The lowest BCUT2D eigenvalue weighted by Crippen LogP contribution is -2.35. The molecule has 3 heterocycles. The molecule has 3 aromatic rings. The van der Waals surface area contributed by atoms with Crippen molar-refractivity contribution in [2.75, 3.05) is 6.54 Å². The summed E-state index contributed by atoms with van der Waals surface area (Å²) in [7, 11) is 0. The molecule has 0 saturated heterocycles. The van der Waals surface area contributed by atoms with Crippen LogP contribution >= 0.6 is 11.6 Å². The minimum absolute atomic E-state index is 0.0747. The van der Waals surface area contributed by atoms with Crippen LogP contribution in [0, 0.1) is 0 Å². The zero-order valence-corrected chi connectivity index (χ0v) is 14.1. The number of rotatable bonds is 3. The molecule has 0 aliphatic carbocycles. The number of nitrogens with zero attached hydrogens (tertiary/aromatic N) is 2. The van der Waals surface area contributed by atoms with Gasteiger partial charge in [-0.3, -0.25) is 9.69 Å². The Balaban J connectivity index is 1.59. The van der Waals surface area contributed by atoms with Gasteiger partial charge in [0.05, 0.1) is 17.0 Å². The molecule has 0 radical (unpaired) electrons. The highest BCUT2D eigenvalue weighted by Crippen LogP contribution is 2.25. The van der Waals surface area contributed by atoms with Crippen molar-refractivity contribution in [3.63, 3.8) is 0 Å². The van der Waals surface area contributed by atoms with E-state index in [1.165, 1.54) is 0 Å². The Labute approximate surface area is 148 Å². The van der Waals surface area contributed by atoms with Crippen LogP contribution in [-0.4, -0.2) is 26.5 Å². The molecule has 6 nitrogen and oxygen atoms in total. The average Bonchev–Trinajstić information content (AvgIpc) is 3.12. The molecular formula is C18H16ClN3O3. The normalized spacial score (nSPS) is 14.4. The first kappa shape index (κ1) is 15.9. The summed E-state index contributed by atoms with van der Waals surface area (Å²) in [5, 5.41) is 9.87. The maximum absolute atomic E-state index is 12.3. The molecule has 0 fully saturated rings. The van der Waals surface area contributed by atoms with Crippen molar-refractivity contribution in [2.45, 2.75) is 19.5 Å². The molecule has 0 bridgehead atoms. The van der Waals surface area contributed by atoms with E-state index in [0.29, 0.717) is 36.1 Å². The molecule has 0 saturated carbocycles. The fraction of sp³-hybridized carbons (Fsp3) is 0.222. The lowest BCUT2D eigenvalue weighted by molar-refractivity contribution is 0.240. The van der Waals surface area contributed by atoms with Gasteiger partial charge in [-0.25, -0.2) is 4.98 Å². The summed E-state index contributed by atoms with van der Waals surface area (Å²) in [6, 6.07) is 8.72. The van der Waals surface area contributed by atoms with Crippen LogP contribution in [0.2, 0.25) is 5.02 Å². The summed E-state index contributed by atoms with van der Waals surface area (Å²) in [5.74, 6) is 1.07. The van der Waals surface area contributed by atoms with Crippen LogP contribution in [0.5, 0.6) is 5.75 Å². The second-order valence-corrected chi connectivity index (χ2v) is 6.47. The SMILES string of the molecule is O=c1[nH]c(-c2ccco2)nc2c1CCN(Cc1ccc(O)c(Cl)c1)C2. The first-order valence-electron chi connectivity index (χ1n) is 7.96. The van der Waals surface area contributed by atoms with Crippen LogP contribution < -0.4 is 5.56 Å². The quantitative estimate of drug-likeness (QED) is 0.753. The Morgan fingerprint density at radius 3 is 3.00 bits per heavy atom. The third kappa shape index (κ3) is 3.18. The van der Waals surface area contributed by atoms with Gasteiger partial charge in [-0.2, -0.15) is 0 Å². The number of fused-ring (bicyclic) bond motifs is 1. The zero-order valence-electron chi connectivity index (χ0n) is 13.3. The number of aromatic amines is 1. The Morgan fingerprint density at radius 2 is 2.24 bits per heavy atom. The van der Waals surface area contributed by atoms with Crippen LogP contribution in [0.1, 0.15) is 16.8 Å². The summed E-state index contributed by atoms with van der Waals surface area (Å²) in [6.07, 6.45) is 2.19. The van der Waals surface area contributed by atoms with E-state index in [-0.39, 0.29) is 11.3 Å². The van der Waals surface area contributed by atoms with E-state index in [2.05, 4.69) is 14.9 Å². The van der Waals surface area contributed by atoms with Gasteiger partial charge in [0.1, 0.15) is 5.75 Å². The fourth-order valence-corrected chi connectivity index (χ4v) is 3.27. The van der Waals surface area contributed by atoms with Crippen molar-refractivity contribution in [3.8, 4) is 17.3 Å². The van der Waals surface area contributed by atoms with E-state index in [0.717, 1.165) is 23.4 Å². The third-order valence-corrected chi connectivity index (χ3v) is 4.63. The Morgan fingerprint density at radius 1 is 1.36 bits per heavy atom. The van der Waals surface area contributed by atoms with E-state index in [9.17, 15) is 9.90 Å². The van der Waals surface area contributed by atoms with E-state index >= 15 is 0 Å². The fourth-order valence-electron chi connectivity index (χ4n) is 3.07. The highest BCUT2D eigenvalue weighted by molar-refractivity contribution is 6.32. The molecule has 1 aromatic carbocycles. The predicted molar refractivity (Wildman–Crippen MR) is 93.5 cm³/mol. The van der Waals surface area contributed by atoms with Gasteiger partial charge >= 0.3 is 0 Å². The lowest BCUT2D eigenvalue weighted by atomic mass is 10.1. The molecule has 1 aliphatic rings. The van der Waals surface area contributed by atoms with Gasteiger partial charge in [0.2, 0.25) is 0 Å². The van der Waals surface area contributed by atoms with E-state index in [1.807, 2.05) is 6.07 Å². The standard InChI is InChI=1S/C18H16ClN3O3/c19-13-8-11(3-4-15(13)23)9-22-6-5-12-14(10-22)20-17(21-18(12)24)16-2-1-7-25-16/h1-4,7-8,23H,5-6,9-10H2,(H,20,21,24). The molecule has 2 aromatic heterocycles. The molecular weight excluding hydrogens is 342 g/mol. The maximum atomic E-state index is 12.3. The van der Waals surface area contributed by atoms with Gasteiger partial charge in [0.25, 0.3) is 5.56 Å². The van der Waals surface area contributed by atoms with Crippen LogP contribution in [0.15, 0.2) is 45.8 Å². The number of benzene rings is 1. The molecule has 0 amide bonds. The van der Waals surface area contributed by atoms with Crippen LogP contribution in [-0.2, 0) is 19.5 Å². The molecule has 1 aliphatic heterocycles. The van der Waals surface area contributed by atoms with Crippen molar-refractivity contribution in [1.82, 2.24) is 14.9 Å². The highest BCUT2D eigenvalue weighted by Gasteiger charge is 2.22. The summed E-state index contributed by atoms with van der Waals surface area (Å²) in [4.78, 5) is 21.9. The molecule has 0 atom stereocenters. The number of furan rings is 1. The van der Waals surface area contributed by atoms with E-state index < -0.39 is 0 Å².